The first-order chi connectivity index (χ1) is 12.1. The number of ether oxygens (including phenoxy) is 3. The second-order valence-corrected chi connectivity index (χ2v) is 5.50. The highest BCUT2D eigenvalue weighted by Crippen LogP contribution is 2.44. The highest BCUT2D eigenvalue weighted by molar-refractivity contribution is 5.57. The number of nitriles is 1. The predicted octanol–water partition coefficient (Wildman–Crippen LogP) is 2.51. The minimum Gasteiger partial charge on any atom is -0.493 e. The maximum Gasteiger partial charge on any atom is 0.244 e. The molecular formula is C18H18N4O3. The van der Waals surface area contributed by atoms with Crippen LogP contribution < -0.4 is 19.9 Å². The molecule has 25 heavy (non-hydrogen) atoms. The molecule has 0 amide bonds. The number of nitrogens with two attached hydrogens (primary N) is 1. The van der Waals surface area contributed by atoms with Gasteiger partial charge >= 0.3 is 0 Å². The van der Waals surface area contributed by atoms with Crippen LogP contribution in [0.4, 0.5) is 0 Å². The van der Waals surface area contributed by atoms with E-state index in [1.165, 1.54) is 0 Å². The quantitative estimate of drug-likeness (QED) is 0.811. The second-order valence-electron chi connectivity index (χ2n) is 5.50. The van der Waals surface area contributed by atoms with Crippen LogP contribution in [0.2, 0.25) is 0 Å². The van der Waals surface area contributed by atoms with E-state index in [2.05, 4.69) is 22.8 Å². The number of allylic oxidation sites excluding steroid dienone is 1. The van der Waals surface area contributed by atoms with Crippen LogP contribution in [0.25, 0.3) is 0 Å². The molecule has 1 aliphatic heterocycles. The Morgan fingerprint density at radius 1 is 1.48 bits per heavy atom. The molecule has 0 bridgehead atoms. The van der Waals surface area contributed by atoms with E-state index >= 15 is 0 Å². The number of hydrogen-bond donors (Lipinski definition) is 2. The summed E-state index contributed by atoms with van der Waals surface area (Å²) in [7, 11) is 1.56. The zero-order valence-electron chi connectivity index (χ0n) is 14.0. The van der Waals surface area contributed by atoms with Crippen LogP contribution in [0.3, 0.4) is 0 Å². The first-order valence-electron chi connectivity index (χ1n) is 7.64. The van der Waals surface area contributed by atoms with Crippen molar-refractivity contribution in [1.29, 1.82) is 5.26 Å². The predicted molar refractivity (Wildman–Crippen MR) is 91.3 cm³/mol. The Morgan fingerprint density at radius 3 is 2.96 bits per heavy atom. The topological polar surface area (TPSA) is 106 Å². The van der Waals surface area contributed by atoms with Gasteiger partial charge in [-0.15, -0.1) is 5.10 Å². The zero-order chi connectivity index (χ0) is 18.0. The molecule has 2 heterocycles. The van der Waals surface area contributed by atoms with Crippen molar-refractivity contribution in [1.82, 2.24) is 10.2 Å². The van der Waals surface area contributed by atoms with Gasteiger partial charge in [-0.1, -0.05) is 18.7 Å². The van der Waals surface area contributed by atoms with Crippen molar-refractivity contribution in [3.05, 3.63) is 59.1 Å². The average molecular weight is 338 g/mol. The van der Waals surface area contributed by atoms with E-state index in [4.69, 9.17) is 19.9 Å². The lowest BCUT2D eigenvalue weighted by molar-refractivity contribution is 0.326. The van der Waals surface area contributed by atoms with E-state index in [9.17, 15) is 5.26 Å². The minimum absolute atomic E-state index is 0.0532. The van der Waals surface area contributed by atoms with Gasteiger partial charge in [-0.25, -0.2) is 0 Å². The number of aromatic nitrogens is 2. The van der Waals surface area contributed by atoms with Crippen molar-refractivity contribution in [2.45, 2.75) is 12.8 Å². The fourth-order valence-corrected chi connectivity index (χ4v) is 2.86. The van der Waals surface area contributed by atoms with Crippen molar-refractivity contribution in [2.24, 2.45) is 5.73 Å². The van der Waals surface area contributed by atoms with E-state index in [1.807, 2.05) is 19.1 Å². The molecular weight excluding hydrogens is 320 g/mol. The third kappa shape index (κ3) is 2.78. The number of aromatic amines is 1. The number of aryl methyl sites for hydroxylation is 1. The lowest BCUT2D eigenvalue weighted by atomic mass is 9.84. The average Bonchev–Trinajstić information content (AvgIpc) is 2.99. The molecule has 3 N–H and O–H groups in total. The largest absolute Gasteiger partial charge is 0.493 e. The monoisotopic (exact) mass is 338 g/mol. The van der Waals surface area contributed by atoms with Crippen LogP contribution in [0.15, 0.2) is 42.3 Å². The van der Waals surface area contributed by atoms with E-state index < -0.39 is 5.92 Å². The van der Waals surface area contributed by atoms with Crippen LogP contribution in [0.5, 0.6) is 17.4 Å². The van der Waals surface area contributed by atoms with Gasteiger partial charge in [0.1, 0.15) is 18.2 Å². The lowest BCUT2D eigenvalue weighted by Crippen LogP contribution is -2.21. The zero-order valence-corrected chi connectivity index (χ0v) is 14.0. The van der Waals surface area contributed by atoms with Crippen molar-refractivity contribution in [3.63, 3.8) is 0 Å². The molecule has 0 radical (unpaired) electrons. The number of rotatable bonds is 5. The molecule has 0 fully saturated rings. The summed E-state index contributed by atoms with van der Waals surface area (Å²) in [5.41, 5.74) is 8.68. The molecule has 0 saturated heterocycles. The summed E-state index contributed by atoms with van der Waals surface area (Å²) >= 11 is 0. The first-order valence-corrected chi connectivity index (χ1v) is 7.64. The molecule has 7 nitrogen and oxygen atoms in total. The Kier molecular flexibility index (Phi) is 4.35. The van der Waals surface area contributed by atoms with Gasteiger partial charge in [0.15, 0.2) is 11.5 Å². The molecule has 3 rings (SSSR count). The summed E-state index contributed by atoms with van der Waals surface area (Å²) in [6.45, 7) is 5.88. The maximum absolute atomic E-state index is 9.58. The van der Waals surface area contributed by atoms with Gasteiger partial charge in [-0.3, -0.25) is 5.10 Å². The number of nitrogens with zero attached hydrogens (tertiary/aromatic N) is 2. The minimum atomic E-state index is -0.394. The molecule has 128 valence electrons. The van der Waals surface area contributed by atoms with Gasteiger partial charge in [0.2, 0.25) is 11.8 Å². The van der Waals surface area contributed by atoms with E-state index in [0.29, 0.717) is 29.6 Å². The Balaban J connectivity index is 2.12. The molecule has 0 unspecified atom stereocenters. The smallest absolute Gasteiger partial charge is 0.244 e. The van der Waals surface area contributed by atoms with Crippen molar-refractivity contribution >= 4 is 0 Å². The van der Waals surface area contributed by atoms with Crippen LogP contribution >= 0.6 is 0 Å². The summed E-state index contributed by atoms with van der Waals surface area (Å²) in [6, 6.07) is 7.65. The van der Waals surface area contributed by atoms with Gasteiger partial charge in [0, 0.05) is 11.3 Å². The Labute approximate surface area is 145 Å². The van der Waals surface area contributed by atoms with Gasteiger partial charge in [0.05, 0.1) is 13.0 Å². The molecule has 1 aromatic heterocycles. The molecule has 0 aliphatic carbocycles. The van der Waals surface area contributed by atoms with Crippen molar-refractivity contribution < 1.29 is 14.2 Å². The van der Waals surface area contributed by atoms with E-state index in [1.54, 1.807) is 19.3 Å². The summed E-state index contributed by atoms with van der Waals surface area (Å²) in [6.07, 6.45) is 1.66. The molecule has 1 aliphatic rings. The molecule has 7 heteroatoms. The number of methoxy groups -OCH3 is 1. The van der Waals surface area contributed by atoms with Gasteiger partial charge in [-0.05, 0) is 24.6 Å². The van der Waals surface area contributed by atoms with Crippen LogP contribution in [-0.2, 0) is 0 Å². The standard InChI is InChI=1S/C18H18N4O3/c1-4-7-24-13-6-5-11(8-14(13)23-3)16-12(9-19)17(20)25-18-15(16)10(2)21-22-18/h4-6,8,16H,1,7,20H2,2-3H3,(H,21,22)/t16-/m0/s1. The SMILES string of the molecule is C=CCOc1ccc([C@H]2C(C#N)=C(N)Oc3n[nH]c(C)c32)cc1OC. The highest BCUT2D eigenvalue weighted by Gasteiger charge is 2.34. The molecule has 1 aromatic carbocycles. The highest BCUT2D eigenvalue weighted by atomic mass is 16.5. The Morgan fingerprint density at radius 2 is 2.28 bits per heavy atom. The van der Waals surface area contributed by atoms with Crippen LogP contribution in [0, 0.1) is 18.3 Å². The lowest BCUT2D eigenvalue weighted by Gasteiger charge is -2.24. The van der Waals surface area contributed by atoms with Crippen molar-refractivity contribution in [3.8, 4) is 23.4 Å². The summed E-state index contributed by atoms with van der Waals surface area (Å²) in [5, 5.41) is 16.6. The maximum atomic E-state index is 9.58. The fraction of sp³-hybridized carbons (Fsp3) is 0.222. The third-order valence-electron chi connectivity index (χ3n) is 4.01. The Hall–Kier alpha value is -3.40. The first kappa shape index (κ1) is 16.5. The number of hydrogen-bond acceptors (Lipinski definition) is 6. The molecule has 0 spiro atoms. The van der Waals surface area contributed by atoms with Gasteiger partial charge < -0.3 is 19.9 Å². The molecule has 1 atom stereocenters. The second kappa shape index (κ2) is 6.61. The van der Waals surface area contributed by atoms with E-state index in [0.717, 1.165) is 16.8 Å². The normalized spacial score (nSPS) is 15.8. The molecule has 0 saturated carbocycles. The van der Waals surface area contributed by atoms with Crippen LogP contribution in [0.1, 0.15) is 22.7 Å². The summed E-state index contributed by atoms with van der Waals surface area (Å²) in [4.78, 5) is 0. The summed E-state index contributed by atoms with van der Waals surface area (Å²) < 4.78 is 16.5. The Bertz CT molecular complexity index is 892. The van der Waals surface area contributed by atoms with Gasteiger partial charge in [-0.2, -0.15) is 5.26 Å². The number of nitrogens with one attached hydrogen (secondary N) is 1. The number of fused-ring (bicyclic) bond motifs is 1. The fourth-order valence-electron chi connectivity index (χ4n) is 2.86. The number of benzene rings is 1. The molecule has 2 aromatic rings. The van der Waals surface area contributed by atoms with Crippen molar-refractivity contribution in [2.75, 3.05) is 13.7 Å². The third-order valence-corrected chi connectivity index (χ3v) is 4.01. The van der Waals surface area contributed by atoms with E-state index in [-0.39, 0.29) is 5.88 Å². The number of H-pyrrole nitrogens is 1. The van der Waals surface area contributed by atoms with Crippen LogP contribution in [-0.4, -0.2) is 23.9 Å². The van der Waals surface area contributed by atoms with Gasteiger partial charge in [0.25, 0.3) is 0 Å². The summed E-state index contributed by atoms with van der Waals surface area (Å²) in [5.74, 6) is 1.19.